The third-order valence-electron chi connectivity index (χ3n) is 3.94. The van der Waals surface area contributed by atoms with Crippen LogP contribution in [0.3, 0.4) is 0 Å². The van der Waals surface area contributed by atoms with Crippen LogP contribution in [0, 0.1) is 0 Å². The largest absolute Gasteiger partial charge is 0.376 e. The molecule has 3 rings (SSSR count). The molecule has 2 fully saturated rings. The van der Waals surface area contributed by atoms with Gasteiger partial charge in [-0.2, -0.15) is 4.31 Å². The second kappa shape index (κ2) is 5.31. The van der Waals surface area contributed by atoms with E-state index in [2.05, 4.69) is 4.98 Å². The van der Waals surface area contributed by atoms with Crippen molar-refractivity contribution in [2.75, 3.05) is 20.7 Å². The first-order chi connectivity index (χ1) is 9.93. The molecule has 0 spiro atoms. The Morgan fingerprint density at radius 1 is 1.52 bits per heavy atom. The average Bonchev–Trinajstić information content (AvgIpc) is 3.12. The van der Waals surface area contributed by atoms with E-state index in [-0.39, 0.29) is 23.1 Å². The minimum Gasteiger partial charge on any atom is -0.376 e. The number of aromatic nitrogens is 1. The molecule has 0 bridgehead atoms. The number of carbonyl (C=O) groups is 1. The number of hydrogen-bond donors (Lipinski definition) is 0. The number of amides is 1. The Labute approximate surface area is 127 Å². The lowest BCUT2D eigenvalue weighted by Crippen LogP contribution is -2.48. The molecule has 0 N–H and O–H groups in total. The molecule has 0 saturated carbocycles. The molecule has 1 aromatic rings. The number of nitrogens with zero attached hydrogens (tertiary/aromatic N) is 3. The normalized spacial score (nSPS) is 29.5. The van der Waals surface area contributed by atoms with Crippen molar-refractivity contribution in [3.05, 3.63) is 10.9 Å². The zero-order valence-corrected chi connectivity index (χ0v) is 13.4. The van der Waals surface area contributed by atoms with Gasteiger partial charge in [0.05, 0.1) is 17.7 Å². The summed E-state index contributed by atoms with van der Waals surface area (Å²) in [6.07, 6.45) is 0.823. The van der Waals surface area contributed by atoms with Crippen LogP contribution < -0.4 is 0 Å². The van der Waals surface area contributed by atoms with Crippen LogP contribution in [0.2, 0.25) is 0 Å². The van der Waals surface area contributed by atoms with E-state index in [4.69, 9.17) is 4.74 Å². The van der Waals surface area contributed by atoms with Gasteiger partial charge in [0, 0.05) is 32.5 Å². The van der Waals surface area contributed by atoms with Gasteiger partial charge in [-0.1, -0.05) is 0 Å². The van der Waals surface area contributed by atoms with E-state index in [1.165, 1.54) is 31.4 Å². The molecule has 21 heavy (non-hydrogen) atoms. The Morgan fingerprint density at radius 2 is 2.29 bits per heavy atom. The molecule has 2 saturated heterocycles. The van der Waals surface area contributed by atoms with Crippen molar-refractivity contribution >= 4 is 27.3 Å². The highest BCUT2D eigenvalue weighted by Crippen LogP contribution is 2.38. The lowest BCUT2D eigenvalue weighted by Gasteiger charge is -2.28. The zero-order chi connectivity index (χ0) is 15.2. The van der Waals surface area contributed by atoms with Crippen molar-refractivity contribution in [3.63, 3.8) is 0 Å². The van der Waals surface area contributed by atoms with Crippen molar-refractivity contribution in [1.82, 2.24) is 14.2 Å². The standard InChI is InChI=1S/C12H17N3O4S2/c1-14(2)12(16)9-5-10-8(3-4-19-10)15(9)21(17,18)11-6-20-7-13-11/h6-10H,3-5H2,1-2H3/t8-,9?,10-/m0/s1. The van der Waals surface area contributed by atoms with Crippen molar-refractivity contribution in [1.29, 1.82) is 0 Å². The summed E-state index contributed by atoms with van der Waals surface area (Å²) in [5.41, 5.74) is 1.48. The molecule has 9 heteroatoms. The van der Waals surface area contributed by atoms with E-state index in [0.717, 1.165) is 0 Å². The smallest absolute Gasteiger partial charge is 0.262 e. The second-order valence-electron chi connectivity index (χ2n) is 5.41. The predicted molar refractivity (Wildman–Crippen MR) is 76.4 cm³/mol. The Hall–Kier alpha value is -1.03. The number of rotatable bonds is 3. The second-order valence-corrected chi connectivity index (χ2v) is 7.92. The minimum atomic E-state index is -3.77. The molecule has 3 atom stereocenters. The molecule has 1 amide bonds. The number of hydrogen-bond acceptors (Lipinski definition) is 6. The topological polar surface area (TPSA) is 79.8 Å². The van der Waals surface area contributed by atoms with Crippen LogP contribution in [0.5, 0.6) is 0 Å². The number of sulfonamides is 1. The molecule has 1 aromatic heterocycles. The van der Waals surface area contributed by atoms with Crippen LogP contribution >= 0.6 is 11.3 Å². The summed E-state index contributed by atoms with van der Waals surface area (Å²) in [5, 5.41) is 1.51. The number of fused-ring (bicyclic) bond motifs is 1. The summed E-state index contributed by atoms with van der Waals surface area (Å²) >= 11 is 1.22. The Kier molecular flexibility index (Phi) is 3.76. The van der Waals surface area contributed by atoms with Gasteiger partial charge in [-0.25, -0.2) is 13.4 Å². The summed E-state index contributed by atoms with van der Waals surface area (Å²) in [6.45, 7) is 0.529. The van der Waals surface area contributed by atoms with Crippen LogP contribution in [0.25, 0.3) is 0 Å². The van der Waals surface area contributed by atoms with Gasteiger partial charge >= 0.3 is 0 Å². The van der Waals surface area contributed by atoms with Crippen molar-refractivity contribution in [2.45, 2.75) is 36.1 Å². The number of likely N-dealkylation sites (N-methyl/N-ethyl adjacent to an activating group) is 1. The van der Waals surface area contributed by atoms with E-state index in [1.54, 1.807) is 14.1 Å². The van der Waals surface area contributed by atoms with Gasteiger partial charge in [0.15, 0.2) is 5.03 Å². The Morgan fingerprint density at radius 3 is 2.90 bits per heavy atom. The average molecular weight is 331 g/mol. The van der Waals surface area contributed by atoms with Gasteiger partial charge < -0.3 is 9.64 Å². The maximum absolute atomic E-state index is 12.8. The highest BCUT2D eigenvalue weighted by molar-refractivity contribution is 7.89. The highest BCUT2D eigenvalue weighted by Gasteiger charge is 2.53. The first-order valence-electron chi connectivity index (χ1n) is 6.67. The monoisotopic (exact) mass is 331 g/mol. The van der Waals surface area contributed by atoms with Crippen LogP contribution in [0.1, 0.15) is 12.8 Å². The van der Waals surface area contributed by atoms with Crippen LogP contribution in [-0.4, -0.2) is 67.4 Å². The van der Waals surface area contributed by atoms with E-state index in [1.807, 2.05) is 0 Å². The molecular formula is C12H17N3O4S2. The SMILES string of the molecule is CN(C)C(=O)C1C[C@@H]2OCC[C@@H]2N1S(=O)(=O)c1cscn1. The fourth-order valence-corrected chi connectivity index (χ4v) is 5.64. The lowest BCUT2D eigenvalue weighted by atomic mass is 10.1. The molecule has 3 heterocycles. The molecule has 116 valence electrons. The van der Waals surface area contributed by atoms with E-state index in [0.29, 0.717) is 19.4 Å². The highest BCUT2D eigenvalue weighted by atomic mass is 32.2. The van der Waals surface area contributed by atoms with Gasteiger partial charge in [0.25, 0.3) is 10.0 Å². The van der Waals surface area contributed by atoms with Gasteiger partial charge in [-0.3, -0.25) is 4.79 Å². The molecule has 1 unspecified atom stereocenters. The fraction of sp³-hybridized carbons (Fsp3) is 0.667. The van der Waals surface area contributed by atoms with E-state index in [9.17, 15) is 13.2 Å². The van der Waals surface area contributed by atoms with Crippen LogP contribution in [0.15, 0.2) is 15.9 Å². The van der Waals surface area contributed by atoms with Crippen LogP contribution in [0.4, 0.5) is 0 Å². The molecule has 2 aliphatic rings. The third kappa shape index (κ3) is 2.37. The maximum atomic E-state index is 12.8. The molecule has 0 radical (unpaired) electrons. The molecular weight excluding hydrogens is 314 g/mol. The third-order valence-corrected chi connectivity index (χ3v) is 6.51. The number of thiazole rings is 1. The molecule has 2 aliphatic heterocycles. The summed E-state index contributed by atoms with van der Waals surface area (Å²) in [6, 6.07) is -0.979. The van der Waals surface area contributed by atoms with E-state index < -0.39 is 16.1 Å². The van der Waals surface area contributed by atoms with Crippen LogP contribution in [-0.2, 0) is 19.6 Å². The summed E-state index contributed by atoms with van der Waals surface area (Å²) in [4.78, 5) is 17.7. The van der Waals surface area contributed by atoms with Crippen molar-refractivity contribution in [2.24, 2.45) is 0 Å². The van der Waals surface area contributed by atoms with Gasteiger partial charge in [-0.15, -0.1) is 11.3 Å². The Bertz CT molecular complexity index is 629. The maximum Gasteiger partial charge on any atom is 0.262 e. The molecule has 0 aliphatic carbocycles. The van der Waals surface area contributed by atoms with E-state index >= 15 is 0 Å². The van der Waals surface area contributed by atoms with Gasteiger partial charge in [0.2, 0.25) is 5.91 Å². The lowest BCUT2D eigenvalue weighted by molar-refractivity contribution is -0.132. The summed E-state index contributed by atoms with van der Waals surface area (Å²) in [5.74, 6) is -0.216. The predicted octanol–water partition coefficient (Wildman–Crippen LogP) is 0.152. The van der Waals surface area contributed by atoms with Gasteiger partial charge in [-0.05, 0) is 6.42 Å². The first-order valence-corrected chi connectivity index (χ1v) is 9.05. The van der Waals surface area contributed by atoms with Crippen molar-refractivity contribution < 1.29 is 17.9 Å². The number of carbonyl (C=O) groups excluding carboxylic acids is 1. The molecule has 0 aromatic carbocycles. The van der Waals surface area contributed by atoms with Crippen molar-refractivity contribution in [3.8, 4) is 0 Å². The summed E-state index contributed by atoms with van der Waals surface area (Å²) in [7, 11) is -0.512. The summed E-state index contributed by atoms with van der Waals surface area (Å²) < 4.78 is 32.5. The Balaban J connectivity index is 2.01. The van der Waals surface area contributed by atoms with Gasteiger partial charge in [0.1, 0.15) is 6.04 Å². The number of ether oxygens (including phenoxy) is 1. The zero-order valence-electron chi connectivity index (χ0n) is 11.8. The first kappa shape index (κ1) is 14.9. The molecule has 7 nitrogen and oxygen atoms in total. The quantitative estimate of drug-likeness (QED) is 0.788. The fourth-order valence-electron chi connectivity index (χ4n) is 3.00. The minimum absolute atomic E-state index is 0.0107.